The summed E-state index contributed by atoms with van der Waals surface area (Å²) < 4.78 is 7.56. The number of hydrogen-bond donors (Lipinski definition) is 1. The maximum atomic E-state index is 6.00. The summed E-state index contributed by atoms with van der Waals surface area (Å²) in [4.78, 5) is 0. The minimum Gasteiger partial charge on any atom is -0.372 e. The highest BCUT2D eigenvalue weighted by molar-refractivity contribution is 5.85. The second kappa shape index (κ2) is 7.12. The van der Waals surface area contributed by atoms with Crippen molar-refractivity contribution in [3.8, 4) is 0 Å². The van der Waals surface area contributed by atoms with Crippen molar-refractivity contribution < 1.29 is 4.74 Å². The molecular weight excluding hydrogens is 249 g/mol. The van der Waals surface area contributed by atoms with Crippen LogP contribution < -0.4 is 5.73 Å². The van der Waals surface area contributed by atoms with Crippen LogP contribution in [-0.2, 0) is 11.3 Å². The fraction of sp³-hybridized carbons (Fsp3) is 0.700. The summed E-state index contributed by atoms with van der Waals surface area (Å²) in [6.07, 6.45) is 6.04. The Morgan fingerprint density at radius 1 is 1.56 bits per heavy atom. The standard InChI is InChI=1S/C10H17N3O.2ClH/c1-2-13-7-8(6-12-13)10-9(11)4-3-5-14-10;;/h6-7,9-10H,2-5,11H2,1H3;2*1H/t9-,10+;;/m0../s1. The normalized spacial score (nSPS) is 24.4. The summed E-state index contributed by atoms with van der Waals surface area (Å²) in [7, 11) is 0. The van der Waals surface area contributed by atoms with Gasteiger partial charge in [0.2, 0.25) is 0 Å². The van der Waals surface area contributed by atoms with Crippen LogP contribution in [0.4, 0.5) is 0 Å². The average molecular weight is 268 g/mol. The molecule has 1 aromatic rings. The zero-order valence-corrected chi connectivity index (χ0v) is 11.0. The topological polar surface area (TPSA) is 53.1 Å². The van der Waals surface area contributed by atoms with E-state index in [1.54, 1.807) is 0 Å². The van der Waals surface area contributed by atoms with E-state index in [4.69, 9.17) is 10.5 Å². The van der Waals surface area contributed by atoms with Gasteiger partial charge in [0.1, 0.15) is 6.10 Å². The van der Waals surface area contributed by atoms with Crippen LogP contribution in [0.1, 0.15) is 31.4 Å². The Kier molecular flexibility index (Phi) is 6.99. The summed E-state index contributed by atoms with van der Waals surface area (Å²) in [5.41, 5.74) is 7.11. The third-order valence-electron chi connectivity index (χ3n) is 2.67. The monoisotopic (exact) mass is 267 g/mol. The fourth-order valence-electron chi connectivity index (χ4n) is 1.85. The number of aromatic nitrogens is 2. The van der Waals surface area contributed by atoms with Crippen molar-refractivity contribution in [3.05, 3.63) is 18.0 Å². The van der Waals surface area contributed by atoms with Gasteiger partial charge in [0, 0.05) is 31.0 Å². The lowest BCUT2D eigenvalue weighted by molar-refractivity contribution is 0.0000955. The largest absolute Gasteiger partial charge is 0.372 e. The van der Waals surface area contributed by atoms with E-state index < -0.39 is 0 Å². The minimum atomic E-state index is 0. The Labute approximate surface area is 108 Å². The van der Waals surface area contributed by atoms with Crippen molar-refractivity contribution in [2.24, 2.45) is 5.73 Å². The first kappa shape index (κ1) is 15.7. The molecule has 94 valence electrons. The highest BCUT2D eigenvalue weighted by Crippen LogP contribution is 2.26. The number of halogens is 2. The molecule has 0 saturated carbocycles. The summed E-state index contributed by atoms with van der Waals surface area (Å²) in [5, 5.41) is 4.23. The first-order valence-electron chi connectivity index (χ1n) is 5.21. The molecular formula is C10H19Cl2N3O. The summed E-state index contributed by atoms with van der Waals surface area (Å²) in [6.45, 7) is 3.77. The van der Waals surface area contributed by atoms with E-state index in [2.05, 4.69) is 12.0 Å². The molecule has 2 N–H and O–H groups in total. The maximum Gasteiger partial charge on any atom is 0.101 e. The lowest BCUT2D eigenvalue weighted by atomic mass is 9.99. The predicted molar refractivity (Wildman–Crippen MR) is 68.3 cm³/mol. The van der Waals surface area contributed by atoms with Crippen LogP contribution in [0.2, 0.25) is 0 Å². The van der Waals surface area contributed by atoms with Crippen molar-refractivity contribution in [2.45, 2.75) is 38.5 Å². The Morgan fingerprint density at radius 2 is 2.31 bits per heavy atom. The molecule has 0 bridgehead atoms. The molecule has 0 amide bonds. The molecule has 16 heavy (non-hydrogen) atoms. The van der Waals surface area contributed by atoms with E-state index in [0.717, 1.165) is 31.6 Å². The summed E-state index contributed by atoms with van der Waals surface area (Å²) in [6, 6.07) is 0.123. The zero-order valence-electron chi connectivity index (χ0n) is 9.33. The third-order valence-corrected chi connectivity index (χ3v) is 2.67. The summed E-state index contributed by atoms with van der Waals surface area (Å²) >= 11 is 0. The van der Waals surface area contributed by atoms with Gasteiger partial charge in [-0.25, -0.2) is 0 Å². The van der Waals surface area contributed by atoms with Crippen LogP contribution in [0.25, 0.3) is 0 Å². The highest BCUT2D eigenvalue weighted by Gasteiger charge is 2.25. The van der Waals surface area contributed by atoms with E-state index in [0.29, 0.717) is 0 Å². The highest BCUT2D eigenvalue weighted by atomic mass is 35.5. The summed E-state index contributed by atoms with van der Waals surface area (Å²) in [5.74, 6) is 0. The zero-order chi connectivity index (χ0) is 9.97. The van der Waals surface area contributed by atoms with Gasteiger partial charge in [0.15, 0.2) is 0 Å². The molecule has 2 atom stereocenters. The predicted octanol–water partition coefficient (Wildman–Crippen LogP) is 1.93. The van der Waals surface area contributed by atoms with Gasteiger partial charge in [-0.05, 0) is 19.8 Å². The van der Waals surface area contributed by atoms with Gasteiger partial charge in [-0.2, -0.15) is 5.10 Å². The molecule has 1 saturated heterocycles. The Bertz CT molecular complexity index is 306. The third kappa shape index (κ3) is 3.35. The molecule has 4 nitrogen and oxygen atoms in total. The molecule has 2 heterocycles. The van der Waals surface area contributed by atoms with Gasteiger partial charge in [-0.15, -0.1) is 24.8 Å². The van der Waals surface area contributed by atoms with Crippen LogP contribution >= 0.6 is 24.8 Å². The van der Waals surface area contributed by atoms with Crippen LogP contribution in [0.3, 0.4) is 0 Å². The maximum absolute atomic E-state index is 6.00. The van der Waals surface area contributed by atoms with Crippen LogP contribution in [-0.4, -0.2) is 22.4 Å². The Hall–Kier alpha value is -0.290. The number of nitrogens with two attached hydrogens (primary N) is 1. The molecule has 2 rings (SSSR count). The van der Waals surface area contributed by atoms with Crippen LogP contribution in [0.5, 0.6) is 0 Å². The molecule has 6 heteroatoms. The second-order valence-electron chi connectivity index (χ2n) is 3.73. The molecule has 0 radical (unpaired) electrons. The smallest absolute Gasteiger partial charge is 0.101 e. The van der Waals surface area contributed by atoms with E-state index in [-0.39, 0.29) is 37.0 Å². The molecule has 1 fully saturated rings. The van der Waals surface area contributed by atoms with E-state index >= 15 is 0 Å². The first-order valence-corrected chi connectivity index (χ1v) is 5.21. The van der Waals surface area contributed by atoms with Gasteiger partial charge >= 0.3 is 0 Å². The van der Waals surface area contributed by atoms with Crippen molar-refractivity contribution in [1.29, 1.82) is 0 Å². The fourth-order valence-corrected chi connectivity index (χ4v) is 1.85. The van der Waals surface area contributed by atoms with Crippen molar-refractivity contribution in [1.82, 2.24) is 9.78 Å². The van der Waals surface area contributed by atoms with Gasteiger partial charge in [0.05, 0.1) is 6.20 Å². The molecule has 1 aromatic heterocycles. The Balaban J connectivity index is 0.00000112. The van der Waals surface area contributed by atoms with Crippen molar-refractivity contribution in [2.75, 3.05) is 6.61 Å². The lowest BCUT2D eigenvalue weighted by Crippen LogP contribution is -2.34. The lowest BCUT2D eigenvalue weighted by Gasteiger charge is -2.27. The Morgan fingerprint density at radius 3 is 2.88 bits per heavy atom. The second-order valence-corrected chi connectivity index (χ2v) is 3.73. The molecule has 1 aliphatic heterocycles. The molecule has 0 aliphatic carbocycles. The number of nitrogens with zero attached hydrogens (tertiary/aromatic N) is 2. The van der Waals surface area contributed by atoms with Gasteiger partial charge in [0.25, 0.3) is 0 Å². The van der Waals surface area contributed by atoms with E-state index in [1.165, 1.54) is 0 Å². The van der Waals surface area contributed by atoms with Gasteiger partial charge < -0.3 is 10.5 Å². The SMILES string of the molecule is CCn1cc([C@H]2OCCC[C@@H]2N)cn1.Cl.Cl. The van der Waals surface area contributed by atoms with Gasteiger partial charge in [-0.1, -0.05) is 0 Å². The van der Waals surface area contributed by atoms with Crippen molar-refractivity contribution >= 4 is 24.8 Å². The van der Waals surface area contributed by atoms with Gasteiger partial charge in [-0.3, -0.25) is 4.68 Å². The number of rotatable bonds is 2. The van der Waals surface area contributed by atoms with Crippen molar-refractivity contribution in [3.63, 3.8) is 0 Å². The molecule has 1 aliphatic rings. The quantitative estimate of drug-likeness (QED) is 0.891. The van der Waals surface area contributed by atoms with E-state index in [1.807, 2.05) is 17.1 Å². The molecule has 0 spiro atoms. The number of hydrogen-bond acceptors (Lipinski definition) is 3. The number of aryl methyl sites for hydroxylation is 1. The average Bonchev–Trinajstić information content (AvgIpc) is 2.67. The first-order chi connectivity index (χ1) is 6.81. The number of ether oxygens (including phenoxy) is 1. The minimum absolute atomic E-state index is 0. The van der Waals surface area contributed by atoms with Crippen LogP contribution in [0.15, 0.2) is 12.4 Å². The van der Waals surface area contributed by atoms with E-state index in [9.17, 15) is 0 Å². The molecule has 0 unspecified atom stereocenters. The van der Waals surface area contributed by atoms with Crippen LogP contribution in [0, 0.1) is 0 Å². The molecule has 0 aromatic carbocycles.